The minimum absolute atomic E-state index is 0.175. The summed E-state index contributed by atoms with van der Waals surface area (Å²) in [7, 11) is 0. The number of hydrogen-bond acceptors (Lipinski definition) is 5. The number of carbonyl (C=O) groups is 1. The van der Waals surface area contributed by atoms with Gasteiger partial charge in [-0.2, -0.15) is 5.10 Å². The average Bonchev–Trinajstić information content (AvgIpc) is 3.36. The van der Waals surface area contributed by atoms with Gasteiger partial charge in [0.1, 0.15) is 18.4 Å². The highest BCUT2D eigenvalue weighted by atomic mass is 16.5. The minimum atomic E-state index is -0.175. The number of amides is 1. The first-order valence-electron chi connectivity index (χ1n) is 9.02. The first-order chi connectivity index (χ1) is 13.2. The van der Waals surface area contributed by atoms with E-state index in [2.05, 4.69) is 20.4 Å². The molecule has 27 heavy (non-hydrogen) atoms. The van der Waals surface area contributed by atoms with Crippen molar-refractivity contribution in [3.63, 3.8) is 0 Å². The molecule has 2 aromatic heterocycles. The van der Waals surface area contributed by atoms with Crippen molar-refractivity contribution in [2.24, 2.45) is 5.92 Å². The van der Waals surface area contributed by atoms with E-state index >= 15 is 0 Å². The predicted octanol–water partition coefficient (Wildman–Crippen LogP) is 2.69. The summed E-state index contributed by atoms with van der Waals surface area (Å²) < 4.78 is 7.44. The normalized spacial score (nSPS) is 13.4. The van der Waals surface area contributed by atoms with Crippen molar-refractivity contribution in [2.45, 2.75) is 26.3 Å². The van der Waals surface area contributed by atoms with E-state index in [1.165, 1.54) is 19.2 Å². The van der Waals surface area contributed by atoms with Gasteiger partial charge < -0.3 is 10.1 Å². The van der Waals surface area contributed by atoms with E-state index in [4.69, 9.17) is 4.74 Å². The lowest BCUT2D eigenvalue weighted by molar-refractivity contribution is 0.0946. The molecule has 1 aliphatic carbocycles. The molecule has 0 saturated heterocycles. The molecule has 1 aliphatic rings. The van der Waals surface area contributed by atoms with Crippen molar-refractivity contribution in [2.75, 3.05) is 6.61 Å². The molecule has 7 nitrogen and oxygen atoms in total. The second-order valence-electron chi connectivity index (χ2n) is 6.71. The Morgan fingerprint density at radius 3 is 2.89 bits per heavy atom. The molecule has 138 valence electrons. The number of para-hydroxylation sites is 1. The van der Waals surface area contributed by atoms with Gasteiger partial charge in [-0.1, -0.05) is 18.2 Å². The van der Waals surface area contributed by atoms with Crippen LogP contribution in [0.15, 0.2) is 49.1 Å². The predicted molar refractivity (Wildman–Crippen MR) is 99.7 cm³/mol. The van der Waals surface area contributed by atoms with E-state index in [9.17, 15) is 4.79 Å². The van der Waals surface area contributed by atoms with E-state index in [1.807, 2.05) is 37.3 Å². The van der Waals surface area contributed by atoms with E-state index in [0.29, 0.717) is 36.2 Å². The maximum atomic E-state index is 12.7. The topological polar surface area (TPSA) is 81.9 Å². The molecule has 0 bridgehead atoms. The number of ether oxygens (including phenoxy) is 1. The van der Waals surface area contributed by atoms with Crippen molar-refractivity contribution in [1.29, 1.82) is 0 Å². The van der Waals surface area contributed by atoms with Crippen LogP contribution in [0.5, 0.6) is 5.75 Å². The lowest BCUT2D eigenvalue weighted by Gasteiger charge is -2.13. The number of aryl methyl sites for hydroxylation is 1. The molecular weight excluding hydrogens is 342 g/mol. The zero-order chi connectivity index (χ0) is 18.6. The van der Waals surface area contributed by atoms with E-state index in [1.54, 1.807) is 17.1 Å². The maximum Gasteiger partial charge on any atom is 0.255 e. The fourth-order valence-electron chi connectivity index (χ4n) is 2.77. The summed E-state index contributed by atoms with van der Waals surface area (Å²) in [6.45, 7) is 2.91. The number of pyridine rings is 1. The maximum absolute atomic E-state index is 12.7. The summed E-state index contributed by atoms with van der Waals surface area (Å²) in [4.78, 5) is 21.2. The van der Waals surface area contributed by atoms with Gasteiger partial charge in [-0.15, -0.1) is 0 Å². The Morgan fingerprint density at radius 1 is 1.26 bits per heavy atom. The second-order valence-corrected chi connectivity index (χ2v) is 6.71. The van der Waals surface area contributed by atoms with E-state index in [-0.39, 0.29) is 5.91 Å². The Bertz CT molecular complexity index is 935. The molecule has 1 fully saturated rings. The van der Waals surface area contributed by atoms with Crippen molar-refractivity contribution in [1.82, 2.24) is 25.1 Å². The molecular formula is C20H21N5O2. The number of aromatic nitrogens is 4. The second kappa shape index (κ2) is 7.57. The molecule has 0 unspecified atom stereocenters. The molecule has 1 amide bonds. The first kappa shape index (κ1) is 17.2. The summed E-state index contributed by atoms with van der Waals surface area (Å²) in [5.74, 6) is 1.74. The van der Waals surface area contributed by atoms with Gasteiger partial charge in [0.2, 0.25) is 0 Å². The van der Waals surface area contributed by atoms with Gasteiger partial charge in [-0.05, 0) is 43.9 Å². The van der Waals surface area contributed by atoms with E-state index in [0.717, 1.165) is 11.3 Å². The molecule has 0 spiro atoms. The molecule has 0 aliphatic heterocycles. The first-order valence-corrected chi connectivity index (χ1v) is 9.02. The van der Waals surface area contributed by atoms with Crippen LogP contribution in [0, 0.1) is 12.8 Å². The van der Waals surface area contributed by atoms with Crippen LogP contribution in [0.1, 0.15) is 34.5 Å². The van der Waals surface area contributed by atoms with Crippen LogP contribution >= 0.6 is 0 Å². The lowest BCUT2D eigenvalue weighted by atomic mass is 10.1. The van der Waals surface area contributed by atoms with Gasteiger partial charge in [0.15, 0.2) is 5.82 Å². The van der Waals surface area contributed by atoms with Crippen LogP contribution in [0.2, 0.25) is 0 Å². The summed E-state index contributed by atoms with van der Waals surface area (Å²) >= 11 is 0. The fourth-order valence-corrected chi connectivity index (χ4v) is 2.77. The van der Waals surface area contributed by atoms with Gasteiger partial charge in [0.05, 0.1) is 12.2 Å². The zero-order valence-corrected chi connectivity index (χ0v) is 15.1. The highest BCUT2D eigenvalue weighted by Gasteiger charge is 2.23. The smallest absolute Gasteiger partial charge is 0.255 e. The quantitative estimate of drug-likeness (QED) is 0.698. The number of hydrogen-bond donors (Lipinski definition) is 1. The molecule has 7 heteroatoms. The van der Waals surface area contributed by atoms with Crippen molar-refractivity contribution in [3.05, 3.63) is 65.9 Å². The van der Waals surface area contributed by atoms with Crippen LogP contribution in [0.4, 0.5) is 0 Å². The number of carbonyl (C=O) groups excluding carboxylic acids is 1. The molecule has 3 aromatic rings. The minimum Gasteiger partial charge on any atom is -0.492 e. The van der Waals surface area contributed by atoms with E-state index < -0.39 is 0 Å². The molecule has 1 saturated carbocycles. The Labute approximate surface area is 157 Å². The Balaban J connectivity index is 1.49. The largest absolute Gasteiger partial charge is 0.492 e. The third kappa shape index (κ3) is 4.13. The number of nitrogens with one attached hydrogen (secondary N) is 1. The molecule has 0 atom stereocenters. The van der Waals surface area contributed by atoms with Crippen LogP contribution in [-0.2, 0) is 6.54 Å². The van der Waals surface area contributed by atoms with Gasteiger partial charge in [0, 0.05) is 17.8 Å². The van der Waals surface area contributed by atoms with Gasteiger partial charge in [-0.25, -0.2) is 14.6 Å². The molecule has 2 heterocycles. The third-order valence-electron chi connectivity index (χ3n) is 4.47. The standard InChI is InChI=1S/C20H21N5O2/c1-14-6-9-16(19(24-14)25-13-21-12-23-25)10-22-20(26)17-4-2-3-5-18(17)27-11-15-7-8-15/h2-6,9,12-13,15H,7-8,10-11H2,1H3,(H,22,26). The summed E-state index contributed by atoms with van der Waals surface area (Å²) in [5, 5.41) is 7.10. The zero-order valence-electron chi connectivity index (χ0n) is 15.1. The van der Waals surface area contributed by atoms with Gasteiger partial charge in [0.25, 0.3) is 5.91 Å². The number of rotatable bonds is 7. The Morgan fingerprint density at radius 2 is 2.11 bits per heavy atom. The summed E-state index contributed by atoms with van der Waals surface area (Å²) in [6, 6.07) is 11.2. The highest BCUT2D eigenvalue weighted by Crippen LogP contribution is 2.30. The number of nitrogens with zero attached hydrogens (tertiary/aromatic N) is 4. The Kier molecular flexibility index (Phi) is 4.82. The van der Waals surface area contributed by atoms with Crippen LogP contribution in [0.3, 0.4) is 0 Å². The Hall–Kier alpha value is -3.22. The summed E-state index contributed by atoms with van der Waals surface area (Å²) in [5.41, 5.74) is 2.27. The van der Waals surface area contributed by atoms with Gasteiger partial charge in [-0.3, -0.25) is 4.79 Å². The van der Waals surface area contributed by atoms with Crippen LogP contribution in [-0.4, -0.2) is 32.3 Å². The van der Waals surface area contributed by atoms with Crippen molar-refractivity contribution < 1.29 is 9.53 Å². The molecule has 1 aromatic carbocycles. The average molecular weight is 363 g/mol. The highest BCUT2D eigenvalue weighted by molar-refractivity contribution is 5.96. The van der Waals surface area contributed by atoms with Crippen molar-refractivity contribution in [3.8, 4) is 11.6 Å². The lowest BCUT2D eigenvalue weighted by Crippen LogP contribution is -2.24. The van der Waals surface area contributed by atoms with Gasteiger partial charge >= 0.3 is 0 Å². The van der Waals surface area contributed by atoms with Crippen molar-refractivity contribution >= 4 is 5.91 Å². The SMILES string of the molecule is Cc1ccc(CNC(=O)c2ccccc2OCC2CC2)c(-n2cncn2)n1. The van der Waals surface area contributed by atoms with Crippen LogP contribution < -0.4 is 10.1 Å². The number of benzene rings is 1. The molecule has 4 rings (SSSR count). The fraction of sp³-hybridized carbons (Fsp3) is 0.300. The molecule has 1 N–H and O–H groups in total. The monoisotopic (exact) mass is 363 g/mol. The third-order valence-corrected chi connectivity index (χ3v) is 4.47. The van der Waals surface area contributed by atoms with Crippen LogP contribution in [0.25, 0.3) is 5.82 Å². The molecule has 0 radical (unpaired) electrons. The summed E-state index contributed by atoms with van der Waals surface area (Å²) in [6.07, 6.45) is 5.47.